The van der Waals surface area contributed by atoms with E-state index in [1.54, 1.807) is 19.1 Å². The molecule has 0 unspecified atom stereocenters. The van der Waals surface area contributed by atoms with Gasteiger partial charge in [-0.05, 0) is 62.6 Å². The van der Waals surface area contributed by atoms with Crippen molar-refractivity contribution < 1.29 is 9.18 Å². The van der Waals surface area contributed by atoms with Gasteiger partial charge in [-0.15, -0.1) is 0 Å². The first-order valence-electron chi connectivity index (χ1n) is 9.23. The lowest BCUT2D eigenvalue weighted by Gasteiger charge is -2.11. The van der Waals surface area contributed by atoms with E-state index < -0.39 is 0 Å². The van der Waals surface area contributed by atoms with Crippen molar-refractivity contribution in [3.05, 3.63) is 70.8 Å². The number of halogens is 1. The summed E-state index contributed by atoms with van der Waals surface area (Å²) in [6, 6.07) is 12.6. The lowest BCUT2D eigenvalue weighted by Crippen LogP contribution is -2.14. The summed E-state index contributed by atoms with van der Waals surface area (Å²) in [5.41, 5.74) is 5.62. The molecule has 2 heterocycles. The quantitative estimate of drug-likeness (QED) is 0.570. The van der Waals surface area contributed by atoms with Gasteiger partial charge in [0.15, 0.2) is 5.65 Å². The van der Waals surface area contributed by atoms with Gasteiger partial charge in [0.05, 0.1) is 5.52 Å². The van der Waals surface area contributed by atoms with Crippen molar-refractivity contribution in [2.24, 2.45) is 0 Å². The number of benzene rings is 2. The molecule has 4 rings (SSSR count). The highest BCUT2D eigenvalue weighted by Crippen LogP contribution is 2.23. The normalized spacial score (nSPS) is 11.3. The molecule has 2 aromatic carbocycles. The fourth-order valence-electron chi connectivity index (χ4n) is 3.47. The Morgan fingerprint density at radius 2 is 1.93 bits per heavy atom. The van der Waals surface area contributed by atoms with Gasteiger partial charge in [0.2, 0.25) is 5.91 Å². The minimum atomic E-state index is -0.329. The van der Waals surface area contributed by atoms with Crippen LogP contribution in [0.25, 0.3) is 16.6 Å². The van der Waals surface area contributed by atoms with Crippen LogP contribution >= 0.6 is 0 Å². The number of carbonyl (C=O) groups is 1. The summed E-state index contributed by atoms with van der Waals surface area (Å²) in [4.78, 5) is 17.1. The highest BCUT2D eigenvalue weighted by Gasteiger charge is 2.15. The molecule has 0 atom stereocenters. The number of nitrogens with zero attached hydrogens (tertiary/aromatic N) is 3. The SMILES string of the molecule is Cc1ccc(NC(=O)CCc2c(C)nc3c4ccccc4nn3c2C)cc1F. The van der Waals surface area contributed by atoms with E-state index in [4.69, 9.17) is 4.98 Å². The van der Waals surface area contributed by atoms with Crippen LogP contribution in [0.3, 0.4) is 0 Å². The minimum absolute atomic E-state index is 0.159. The van der Waals surface area contributed by atoms with Gasteiger partial charge in [-0.2, -0.15) is 5.10 Å². The number of aromatic nitrogens is 3. The van der Waals surface area contributed by atoms with Gasteiger partial charge in [-0.1, -0.05) is 18.2 Å². The number of carbonyl (C=O) groups excluding carboxylic acids is 1. The molecule has 1 N–H and O–H groups in total. The van der Waals surface area contributed by atoms with E-state index in [9.17, 15) is 9.18 Å². The molecular formula is C22H21FN4O. The summed E-state index contributed by atoms with van der Waals surface area (Å²) in [6.07, 6.45) is 0.822. The molecule has 0 aliphatic rings. The zero-order valence-electron chi connectivity index (χ0n) is 16.1. The molecule has 6 heteroatoms. The minimum Gasteiger partial charge on any atom is -0.326 e. The second kappa shape index (κ2) is 7.03. The summed E-state index contributed by atoms with van der Waals surface area (Å²) in [5, 5.41) is 8.41. The van der Waals surface area contributed by atoms with Crippen molar-refractivity contribution in [2.45, 2.75) is 33.6 Å². The van der Waals surface area contributed by atoms with Crippen molar-refractivity contribution in [3.63, 3.8) is 0 Å². The molecule has 28 heavy (non-hydrogen) atoms. The Balaban J connectivity index is 1.56. The van der Waals surface area contributed by atoms with Crippen LogP contribution in [0.4, 0.5) is 10.1 Å². The number of aryl methyl sites for hydroxylation is 3. The van der Waals surface area contributed by atoms with E-state index in [1.807, 2.05) is 42.6 Å². The third kappa shape index (κ3) is 3.22. The summed E-state index contributed by atoms with van der Waals surface area (Å²) in [5.74, 6) is -0.488. The van der Waals surface area contributed by atoms with E-state index in [0.717, 1.165) is 33.5 Å². The number of hydrogen-bond acceptors (Lipinski definition) is 3. The molecule has 4 aromatic rings. The molecular weight excluding hydrogens is 355 g/mol. The molecule has 0 bridgehead atoms. The molecule has 0 aliphatic heterocycles. The third-order valence-corrected chi connectivity index (χ3v) is 5.08. The molecule has 0 aliphatic carbocycles. The number of fused-ring (bicyclic) bond motifs is 3. The van der Waals surface area contributed by atoms with Gasteiger partial charge in [0.25, 0.3) is 0 Å². The Morgan fingerprint density at radius 3 is 2.71 bits per heavy atom. The zero-order valence-corrected chi connectivity index (χ0v) is 16.1. The van der Waals surface area contributed by atoms with Crippen molar-refractivity contribution in [2.75, 3.05) is 5.32 Å². The molecule has 0 spiro atoms. The second-order valence-electron chi connectivity index (χ2n) is 7.03. The van der Waals surface area contributed by atoms with Crippen LogP contribution in [-0.4, -0.2) is 20.5 Å². The molecule has 0 fully saturated rings. The maximum Gasteiger partial charge on any atom is 0.224 e. The first kappa shape index (κ1) is 18.1. The second-order valence-corrected chi connectivity index (χ2v) is 7.03. The monoisotopic (exact) mass is 376 g/mol. The fraction of sp³-hybridized carbons (Fsp3) is 0.227. The van der Waals surface area contributed by atoms with Crippen LogP contribution in [0.15, 0.2) is 42.5 Å². The number of hydrogen-bond donors (Lipinski definition) is 1. The van der Waals surface area contributed by atoms with E-state index >= 15 is 0 Å². The Labute approximate surface area is 162 Å². The Hall–Kier alpha value is -3.28. The fourth-order valence-corrected chi connectivity index (χ4v) is 3.47. The van der Waals surface area contributed by atoms with Gasteiger partial charge in [-0.3, -0.25) is 4.79 Å². The van der Waals surface area contributed by atoms with Gasteiger partial charge in [0, 0.05) is 28.9 Å². The van der Waals surface area contributed by atoms with E-state index in [1.165, 1.54) is 6.07 Å². The zero-order chi connectivity index (χ0) is 19.8. The summed E-state index contributed by atoms with van der Waals surface area (Å²) >= 11 is 0. The number of rotatable bonds is 4. The standard InChI is InChI=1S/C22H21FN4O/c1-13-8-9-16(12-19(13)23)25-21(28)11-10-17-14(2)24-22-18-6-4-5-7-20(18)26-27(22)15(17)3/h4-9,12H,10-11H2,1-3H3,(H,25,28). The highest BCUT2D eigenvalue weighted by molar-refractivity contribution is 5.92. The highest BCUT2D eigenvalue weighted by atomic mass is 19.1. The van der Waals surface area contributed by atoms with Gasteiger partial charge < -0.3 is 5.32 Å². The van der Waals surface area contributed by atoms with Crippen molar-refractivity contribution >= 4 is 28.1 Å². The van der Waals surface area contributed by atoms with Crippen molar-refractivity contribution in [3.8, 4) is 0 Å². The molecule has 5 nitrogen and oxygen atoms in total. The average Bonchev–Trinajstić information content (AvgIpc) is 3.03. The van der Waals surface area contributed by atoms with Crippen LogP contribution in [0.2, 0.25) is 0 Å². The van der Waals surface area contributed by atoms with Crippen LogP contribution in [0.5, 0.6) is 0 Å². The van der Waals surface area contributed by atoms with Crippen LogP contribution in [-0.2, 0) is 11.2 Å². The molecule has 142 valence electrons. The van der Waals surface area contributed by atoms with E-state index in [2.05, 4.69) is 10.4 Å². The maximum atomic E-state index is 13.7. The van der Waals surface area contributed by atoms with Gasteiger partial charge >= 0.3 is 0 Å². The lowest BCUT2D eigenvalue weighted by molar-refractivity contribution is -0.116. The summed E-state index contributed by atoms with van der Waals surface area (Å²) in [6.45, 7) is 5.64. The van der Waals surface area contributed by atoms with Gasteiger partial charge in [0.1, 0.15) is 5.82 Å². The largest absolute Gasteiger partial charge is 0.326 e. The lowest BCUT2D eigenvalue weighted by atomic mass is 10.1. The van der Waals surface area contributed by atoms with Crippen LogP contribution in [0, 0.1) is 26.6 Å². The van der Waals surface area contributed by atoms with Crippen molar-refractivity contribution in [1.29, 1.82) is 0 Å². The Bertz CT molecular complexity index is 1210. The first-order chi connectivity index (χ1) is 13.4. The predicted molar refractivity (Wildman–Crippen MR) is 108 cm³/mol. The Morgan fingerprint density at radius 1 is 1.14 bits per heavy atom. The van der Waals surface area contributed by atoms with Crippen LogP contribution < -0.4 is 5.32 Å². The summed E-state index contributed by atoms with van der Waals surface area (Å²) < 4.78 is 15.5. The average molecular weight is 376 g/mol. The topological polar surface area (TPSA) is 59.3 Å². The smallest absolute Gasteiger partial charge is 0.224 e. The van der Waals surface area contributed by atoms with E-state index in [0.29, 0.717) is 17.7 Å². The molecule has 0 saturated heterocycles. The van der Waals surface area contributed by atoms with Crippen molar-refractivity contribution in [1.82, 2.24) is 14.6 Å². The van der Waals surface area contributed by atoms with Crippen LogP contribution in [0.1, 0.15) is 28.9 Å². The molecule has 2 aromatic heterocycles. The Kier molecular flexibility index (Phi) is 4.55. The number of nitrogens with one attached hydrogen (secondary N) is 1. The summed E-state index contributed by atoms with van der Waals surface area (Å²) in [7, 11) is 0. The molecule has 0 saturated carbocycles. The first-order valence-corrected chi connectivity index (χ1v) is 9.23. The predicted octanol–water partition coefficient (Wildman–Crippen LogP) is 4.52. The maximum absolute atomic E-state index is 13.7. The molecule has 1 amide bonds. The number of amides is 1. The third-order valence-electron chi connectivity index (χ3n) is 5.08. The van der Waals surface area contributed by atoms with E-state index in [-0.39, 0.29) is 18.1 Å². The molecule has 0 radical (unpaired) electrons. The van der Waals surface area contributed by atoms with Gasteiger partial charge in [-0.25, -0.2) is 13.9 Å². The number of anilines is 1.